The Hall–Kier alpha value is -4.23. The first kappa shape index (κ1) is 29.8. The third-order valence-corrected chi connectivity index (χ3v) is 9.27. The quantitative estimate of drug-likeness (QED) is 0.353. The summed E-state index contributed by atoms with van der Waals surface area (Å²) in [7, 11) is 2.13. The van der Waals surface area contributed by atoms with Crippen LogP contribution in [0.5, 0.6) is 6.01 Å². The first-order valence-corrected chi connectivity index (χ1v) is 15.6. The minimum atomic E-state index is -0.698. The summed E-state index contributed by atoms with van der Waals surface area (Å²) in [6.45, 7) is 5.94. The predicted molar refractivity (Wildman–Crippen MR) is 170 cm³/mol. The summed E-state index contributed by atoms with van der Waals surface area (Å²) in [6.07, 6.45) is 5.68. The number of nitrogens with zero attached hydrogens (tertiary/aromatic N) is 7. The number of aromatic nitrogens is 2. The van der Waals surface area contributed by atoms with Crippen LogP contribution in [0.25, 0.3) is 10.8 Å². The number of alkyl halides is 1. The second-order valence-corrected chi connectivity index (χ2v) is 12.0. The zero-order valence-electron chi connectivity index (χ0n) is 25.6. The van der Waals surface area contributed by atoms with Crippen molar-refractivity contribution in [2.75, 3.05) is 62.9 Å². The van der Waals surface area contributed by atoms with E-state index in [0.29, 0.717) is 44.8 Å². The van der Waals surface area contributed by atoms with Crippen LogP contribution < -0.4 is 14.5 Å². The maximum Gasteiger partial charge on any atom is 0.318 e. The molecule has 6 rings (SSSR count). The van der Waals surface area contributed by atoms with Gasteiger partial charge in [-0.1, -0.05) is 30.3 Å². The van der Waals surface area contributed by atoms with Gasteiger partial charge in [0.05, 0.1) is 30.8 Å². The predicted octanol–water partition coefficient (Wildman–Crippen LogP) is 4.43. The fraction of sp³-hybridized carbons (Fsp3) is 0.471. The van der Waals surface area contributed by atoms with Crippen LogP contribution in [-0.4, -0.2) is 90.8 Å². The molecular weight excluding hydrogens is 557 g/mol. The Balaban J connectivity index is 1.32. The average molecular weight is 598 g/mol. The normalized spacial score (nSPS) is 20.7. The van der Waals surface area contributed by atoms with Crippen molar-refractivity contribution in [3.63, 3.8) is 0 Å². The number of likely N-dealkylation sites (N-methyl/N-ethyl adjacent to an activating group) is 1. The lowest BCUT2D eigenvalue weighted by Gasteiger charge is -2.42. The molecule has 2 aromatic carbocycles. The Labute approximate surface area is 258 Å². The zero-order chi connectivity index (χ0) is 30.6. The van der Waals surface area contributed by atoms with Gasteiger partial charge < -0.3 is 24.3 Å². The van der Waals surface area contributed by atoms with Gasteiger partial charge in [0.2, 0.25) is 5.91 Å². The Morgan fingerprint density at radius 3 is 2.73 bits per heavy atom. The molecule has 4 heterocycles. The summed E-state index contributed by atoms with van der Waals surface area (Å²) in [6, 6.07) is 15.5. The van der Waals surface area contributed by atoms with E-state index < -0.39 is 6.67 Å². The Morgan fingerprint density at radius 2 is 1.95 bits per heavy atom. The van der Waals surface area contributed by atoms with Crippen molar-refractivity contribution in [2.24, 2.45) is 0 Å². The Bertz CT molecular complexity index is 1580. The molecule has 2 saturated heterocycles. The molecule has 0 spiro atoms. The molecule has 230 valence electrons. The van der Waals surface area contributed by atoms with E-state index in [4.69, 9.17) is 14.7 Å². The van der Waals surface area contributed by atoms with Gasteiger partial charge in [0.25, 0.3) is 0 Å². The lowest BCUT2D eigenvalue weighted by Crippen LogP contribution is -2.55. The summed E-state index contributed by atoms with van der Waals surface area (Å²) < 4.78 is 19.0. The summed E-state index contributed by atoms with van der Waals surface area (Å²) in [5.41, 5.74) is 4.48. The number of benzene rings is 2. The molecule has 1 amide bonds. The highest BCUT2D eigenvalue weighted by molar-refractivity contribution is 5.97. The molecule has 3 aliphatic heterocycles. The first-order valence-electron chi connectivity index (χ1n) is 15.6. The van der Waals surface area contributed by atoms with Crippen LogP contribution in [0.3, 0.4) is 0 Å². The van der Waals surface area contributed by atoms with E-state index in [1.54, 1.807) is 4.90 Å². The highest BCUT2D eigenvalue weighted by Gasteiger charge is 2.34. The number of piperazine rings is 1. The van der Waals surface area contributed by atoms with E-state index in [1.807, 2.05) is 0 Å². The van der Waals surface area contributed by atoms with Crippen LogP contribution in [0.2, 0.25) is 0 Å². The molecule has 0 bridgehead atoms. The van der Waals surface area contributed by atoms with Crippen molar-refractivity contribution in [1.82, 2.24) is 19.8 Å². The number of rotatable bonds is 8. The van der Waals surface area contributed by atoms with E-state index in [9.17, 15) is 14.4 Å². The van der Waals surface area contributed by atoms with Crippen LogP contribution in [0, 0.1) is 18.3 Å². The number of amides is 1. The summed E-state index contributed by atoms with van der Waals surface area (Å²) in [5, 5.41) is 12.1. The SMILES string of the molecule is Cc1cccc2cccc(N3CCc4c(nc(OCC5CCCN5C)nc4N4CCN(C(=O)/C=C/CF)C(CC#N)C4)C3)c12. The fourth-order valence-electron chi connectivity index (χ4n) is 6.91. The molecule has 2 atom stereocenters. The summed E-state index contributed by atoms with van der Waals surface area (Å²) in [5.74, 6) is 0.561. The average Bonchev–Trinajstić information content (AvgIpc) is 3.46. The van der Waals surface area contributed by atoms with E-state index in [0.717, 1.165) is 49.4 Å². The second kappa shape index (κ2) is 13.2. The van der Waals surface area contributed by atoms with Gasteiger partial charge in [0.15, 0.2) is 0 Å². The van der Waals surface area contributed by atoms with Crippen LogP contribution in [0.1, 0.15) is 36.1 Å². The molecule has 9 nitrogen and oxygen atoms in total. The number of anilines is 2. The van der Waals surface area contributed by atoms with Gasteiger partial charge in [0, 0.05) is 54.9 Å². The minimum Gasteiger partial charge on any atom is -0.462 e. The second-order valence-electron chi connectivity index (χ2n) is 12.0. The highest BCUT2D eigenvalue weighted by Crippen LogP contribution is 2.36. The van der Waals surface area contributed by atoms with Gasteiger partial charge in [-0.3, -0.25) is 4.79 Å². The van der Waals surface area contributed by atoms with Crippen molar-refractivity contribution < 1.29 is 13.9 Å². The standard InChI is InChI=1S/C34H40FN7O2/c1-24-7-3-8-25-9-4-11-30(32(24)25)40-18-14-28-29(22-40)37-34(44-23-27-10-6-17-39(27)2)38-33(28)41-19-20-42(26(21-41)13-16-36)31(43)12-5-15-35/h3-5,7-9,11-12,26-27H,6,10,13-15,17-23H2,1-2H3/b12-5+. The van der Waals surface area contributed by atoms with Gasteiger partial charge >= 0.3 is 6.01 Å². The van der Waals surface area contributed by atoms with Gasteiger partial charge in [0.1, 0.15) is 19.1 Å². The number of ether oxygens (including phenoxy) is 1. The first-order chi connectivity index (χ1) is 21.5. The van der Waals surface area contributed by atoms with Crippen molar-refractivity contribution in [3.8, 4) is 12.1 Å². The lowest BCUT2D eigenvalue weighted by molar-refractivity contribution is -0.128. The molecule has 0 radical (unpaired) electrons. The van der Waals surface area contributed by atoms with Crippen molar-refractivity contribution in [1.29, 1.82) is 5.26 Å². The number of halogens is 1. The minimum absolute atomic E-state index is 0.185. The fourth-order valence-corrected chi connectivity index (χ4v) is 6.91. The molecule has 3 aliphatic rings. The molecular formula is C34H40FN7O2. The molecule has 2 fully saturated rings. The smallest absolute Gasteiger partial charge is 0.318 e. The number of fused-ring (bicyclic) bond motifs is 2. The number of likely N-dealkylation sites (tertiary alicyclic amines) is 1. The van der Waals surface area contributed by atoms with E-state index in [2.05, 4.69) is 71.1 Å². The van der Waals surface area contributed by atoms with Crippen molar-refractivity contribution in [2.45, 2.75) is 51.2 Å². The van der Waals surface area contributed by atoms with E-state index in [-0.39, 0.29) is 18.4 Å². The van der Waals surface area contributed by atoms with E-state index >= 15 is 0 Å². The largest absolute Gasteiger partial charge is 0.462 e. The van der Waals surface area contributed by atoms with Gasteiger partial charge in [-0.25, -0.2) is 4.39 Å². The Kier molecular flexibility index (Phi) is 8.94. The number of hydrogen-bond acceptors (Lipinski definition) is 8. The van der Waals surface area contributed by atoms with E-state index in [1.165, 1.54) is 34.2 Å². The molecule has 44 heavy (non-hydrogen) atoms. The maximum absolute atomic E-state index is 12.8. The molecule has 0 aliphatic carbocycles. The lowest BCUT2D eigenvalue weighted by atomic mass is 9.99. The summed E-state index contributed by atoms with van der Waals surface area (Å²) in [4.78, 5) is 31.3. The molecule has 10 heteroatoms. The number of nitriles is 1. The third-order valence-electron chi connectivity index (χ3n) is 9.27. The molecule has 1 aromatic heterocycles. The number of carbonyl (C=O) groups excluding carboxylic acids is 1. The molecule has 0 N–H and O–H groups in total. The maximum atomic E-state index is 12.8. The molecule has 0 saturated carbocycles. The summed E-state index contributed by atoms with van der Waals surface area (Å²) >= 11 is 0. The van der Waals surface area contributed by atoms with Gasteiger partial charge in [-0.05, 0) is 62.9 Å². The van der Waals surface area contributed by atoms with Crippen molar-refractivity contribution >= 4 is 28.2 Å². The molecule has 2 unspecified atom stereocenters. The highest BCUT2D eigenvalue weighted by atomic mass is 19.1. The van der Waals surface area contributed by atoms with Gasteiger partial charge in [-0.15, -0.1) is 0 Å². The molecule has 3 aromatic rings. The number of hydrogen-bond donors (Lipinski definition) is 0. The van der Waals surface area contributed by atoms with Crippen LogP contribution in [0.15, 0.2) is 48.6 Å². The zero-order valence-corrected chi connectivity index (χ0v) is 25.6. The number of aryl methyl sites for hydroxylation is 1. The monoisotopic (exact) mass is 597 g/mol. The Morgan fingerprint density at radius 1 is 1.11 bits per heavy atom. The van der Waals surface area contributed by atoms with Crippen LogP contribution in [-0.2, 0) is 17.8 Å². The third kappa shape index (κ3) is 6.06. The van der Waals surface area contributed by atoms with Gasteiger partial charge in [-0.2, -0.15) is 15.2 Å². The van der Waals surface area contributed by atoms with Crippen molar-refractivity contribution in [3.05, 3.63) is 65.4 Å². The van der Waals surface area contributed by atoms with Crippen LogP contribution >= 0.6 is 0 Å². The topological polar surface area (TPSA) is 88.8 Å². The number of allylic oxidation sites excluding steroid dienone is 1. The number of carbonyl (C=O) groups is 1. The van der Waals surface area contributed by atoms with Crippen LogP contribution in [0.4, 0.5) is 15.9 Å².